The number of carbonyl (C=O) groups is 1. The van der Waals surface area contributed by atoms with E-state index in [0.29, 0.717) is 17.5 Å². The molecule has 7 heteroatoms. The third kappa shape index (κ3) is 3.24. The molecule has 4 heterocycles. The second kappa shape index (κ2) is 7.57. The van der Waals surface area contributed by atoms with Crippen molar-refractivity contribution in [2.24, 2.45) is 0 Å². The third-order valence-corrected chi connectivity index (χ3v) is 7.55. The second-order valence-electron chi connectivity index (χ2n) is 8.25. The SMILES string of the molecule is O=C(c1cc2c(s1)CCCC2)N1CCCC1c1nnc(-c2nccc3ccccc23)o1. The predicted molar refractivity (Wildman–Crippen MR) is 119 cm³/mol. The molecule has 1 aliphatic heterocycles. The van der Waals surface area contributed by atoms with Gasteiger partial charge in [0.2, 0.25) is 5.89 Å². The summed E-state index contributed by atoms with van der Waals surface area (Å²) in [7, 11) is 0. The molecule has 4 aromatic rings. The molecule has 1 unspecified atom stereocenters. The Morgan fingerprint density at radius 3 is 2.94 bits per heavy atom. The van der Waals surface area contributed by atoms with Crippen LogP contribution >= 0.6 is 11.3 Å². The number of pyridine rings is 1. The van der Waals surface area contributed by atoms with Crippen molar-refractivity contribution in [3.8, 4) is 11.6 Å². The topological polar surface area (TPSA) is 72.1 Å². The van der Waals surface area contributed by atoms with Gasteiger partial charge in [0, 0.05) is 23.0 Å². The second-order valence-corrected chi connectivity index (χ2v) is 9.39. The first-order valence-electron chi connectivity index (χ1n) is 10.9. The average Bonchev–Trinajstić information content (AvgIpc) is 3.57. The third-order valence-electron chi connectivity index (χ3n) is 6.32. The maximum atomic E-state index is 13.3. The number of amides is 1. The van der Waals surface area contributed by atoms with Gasteiger partial charge in [-0.25, -0.2) is 0 Å². The molecular weight excluding hydrogens is 408 g/mol. The van der Waals surface area contributed by atoms with Gasteiger partial charge in [0.1, 0.15) is 11.7 Å². The fraction of sp³-hybridized carbons (Fsp3) is 0.333. The van der Waals surface area contributed by atoms with Crippen LogP contribution in [0.25, 0.3) is 22.4 Å². The molecule has 2 aliphatic rings. The lowest BCUT2D eigenvalue weighted by Gasteiger charge is -2.21. The number of nitrogens with zero attached hydrogens (tertiary/aromatic N) is 4. The minimum Gasteiger partial charge on any atom is -0.417 e. The zero-order chi connectivity index (χ0) is 20.8. The molecule has 6 nitrogen and oxygen atoms in total. The maximum absolute atomic E-state index is 13.3. The van der Waals surface area contributed by atoms with Gasteiger partial charge in [-0.15, -0.1) is 21.5 Å². The van der Waals surface area contributed by atoms with E-state index >= 15 is 0 Å². The van der Waals surface area contributed by atoms with E-state index in [0.717, 1.165) is 47.9 Å². The van der Waals surface area contributed by atoms with Gasteiger partial charge >= 0.3 is 0 Å². The molecule has 0 N–H and O–H groups in total. The van der Waals surface area contributed by atoms with Gasteiger partial charge < -0.3 is 9.32 Å². The molecule has 156 valence electrons. The molecule has 1 fully saturated rings. The quantitative estimate of drug-likeness (QED) is 0.447. The zero-order valence-electron chi connectivity index (χ0n) is 17.1. The van der Waals surface area contributed by atoms with Gasteiger partial charge in [-0.3, -0.25) is 9.78 Å². The summed E-state index contributed by atoms with van der Waals surface area (Å²) in [4.78, 5) is 21.9. The molecule has 1 aliphatic carbocycles. The lowest BCUT2D eigenvalue weighted by Crippen LogP contribution is -2.30. The van der Waals surface area contributed by atoms with Crippen LogP contribution in [0, 0.1) is 0 Å². The first kappa shape index (κ1) is 18.7. The van der Waals surface area contributed by atoms with Crippen molar-refractivity contribution in [3.05, 3.63) is 63.8 Å². The summed E-state index contributed by atoms with van der Waals surface area (Å²) in [6, 6.07) is 11.9. The highest BCUT2D eigenvalue weighted by Crippen LogP contribution is 2.37. The van der Waals surface area contributed by atoms with Gasteiger partial charge in [0.15, 0.2) is 0 Å². The Balaban J connectivity index is 1.30. The molecule has 1 amide bonds. The molecule has 0 saturated carbocycles. The number of fused-ring (bicyclic) bond motifs is 2. The number of thiophene rings is 1. The minimum atomic E-state index is -0.178. The van der Waals surface area contributed by atoms with Crippen molar-refractivity contribution in [2.45, 2.75) is 44.6 Å². The largest absolute Gasteiger partial charge is 0.417 e. The van der Waals surface area contributed by atoms with E-state index in [1.165, 1.54) is 23.3 Å². The predicted octanol–water partition coefficient (Wildman–Crippen LogP) is 5.20. The Morgan fingerprint density at radius 2 is 2.00 bits per heavy atom. The number of hydrogen-bond donors (Lipinski definition) is 0. The fourth-order valence-corrected chi connectivity index (χ4v) is 5.97. The first-order chi connectivity index (χ1) is 15.3. The highest BCUT2D eigenvalue weighted by atomic mass is 32.1. The van der Waals surface area contributed by atoms with E-state index in [1.807, 2.05) is 35.2 Å². The monoisotopic (exact) mass is 430 g/mol. The van der Waals surface area contributed by atoms with E-state index in [-0.39, 0.29) is 11.9 Å². The zero-order valence-corrected chi connectivity index (χ0v) is 17.9. The molecule has 1 aromatic carbocycles. The van der Waals surface area contributed by atoms with E-state index in [9.17, 15) is 4.79 Å². The number of aryl methyl sites for hydroxylation is 2. The van der Waals surface area contributed by atoms with Crippen LogP contribution in [0.2, 0.25) is 0 Å². The summed E-state index contributed by atoms with van der Waals surface area (Å²) < 4.78 is 6.08. The molecule has 3 aromatic heterocycles. The Bertz CT molecular complexity index is 1250. The molecule has 0 spiro atoms. The Labute approximate surface area is 183 Å². The average molecular weight is 431 g/mol. The maximum Gasteiger partial charge on any atom is 0.267 e. The number of hydrogen-bond acceptors (Lipinski definition) is 6. The summed E-state index contributed by atoms with van der Waals surface area (Å²) >= 11 is 1.66. The van der Waals surface area contributed by atoms with Gasteiger partial charge in [-0.2, -0.15) is 0 Å². The lowest BCUT2D eigenvalue weighted by molar-refractivity contribution is 0.0721. The number of carbonyl (C=O) groups excluding carboxylic acids is 1. The van der Waals surface area contributed by atoms with Crippen LogP contribution in [-0.2, 0) is 12.8 Å². The van der Waals surface area contributed by atoms with E-state index in [1.54, 1.807) is 17.5 Å². The molecule has 0 bridgehead atoms. The normalized spacial score (nSPS) is 18.5. The van der Waals surface area contributed by atoms with Crippen LogP contribution in [0.5, 0.6) is 0 Å². The smallest absolute Gasteiger partial charge is 0.267 e. The summed E-state index contributed by atoms with van der Waals surface area (Å²) in [6.07, 6.45) is 8.16. The van der Waals surface area contributed by atoms with Crippen molar-refractivity contribution < 1.29 is 9.21 Å². The summed E-state index contributed by atoms with van der Waals surface area (Å²) in [6.45, 7) is 0.719. The van der Waals surface area contributed by atoms with Gasteiger partial charge in [0.05, 0.1) is 4.88 Å². The van der Waals surface area contributed by atoms with Gasteiger partial charge in [0.25, 0.3) is 11.8 Å². The molecule has 0 radical (unpaired) electrons. The van der Waals surface area contributed by atoms with Gasteiger partial charge in [-0.1, -0.05) is 24.3 Å². The van der Waals surface area contributed by atoms with Crippen molar-refractivity contribution in [3.63, 3.8) is 0 Å². The van der Waals surface area contributed by atoms with Gasteiger partial charge in [-0.05, 0) is 61.6 Å². The van der Waals surface area contributed by atoms with E-state index in [2.05, 4.69) is 21.2 Å². The van der Waals surface area contributed by atoms with Crippen LogP contribution in [0.15, 0.2) is 47.0 Å². The number of benzene rings is 1. The molecular formula is C24H22N4O2S. The molecule has 1 atom stereocenters. The summed E-state index contributed by atoms with van der Waals surface area (Å²) in [5.74, 6) is 0.986. The summed E-state index contributed by atoms with van der Waals surface area (Å²) in [5, 5.41) is 10.7. The van der Waals surface area contributed by atoms with Crippen LogP contribution in [0.3, 0.4) is 0 Å². The standard InChI is InChI=1S/C24H22N4O2S/c29-24(20-14-16-7-2-4-10-19(16)31-20)28-13-5-9-18(28)22-26-27-23(30-22)21-17-8-3-1-6-15(17)11-12-25-21/h1,3,6,8,11-12,14,18H,2,4-5,7,9-10,13H2. The number of likely N-dealkylation sites (tertiary alicyclic amines) is 1. The molecule has 31 heavy (non-hydrogen) atoms. The number of rotatable bonds is 3. The lowest BCUT2D eigenvalue weighted by atomic mass is 9.99. The van der Waals surface area contributed by atoms with E-state index < -0.39 is 0 Å². The van der Waals surface area contributed by atoms with Crippen molar-refractivity contribution >= 4 is 28.0 Å². The molecule has 1 saturated heterocycles. The number of aromatic nitrogens is 3. The van der Waals surface area contributed by atoms with Crippen molar-refractivity contribution in [1.82, 2.24) is 20.1 Å². The van der Waals surface area contributed by atoms with E-state index in [4.69, 9.17) is 4.42 Å². The Kier molecular flexibility index (Phi) is 4.56. The van der Waals surface area contributed by atoms with Crippen LogP contribution < -0.4 is 0 Å². The van der Waals surface area contributed by atoms with Crippen molar-refractivity contribution in [1.29, 1.82) is 0 Å². The Morgan fingerprint density at radius 1 is 1.10 bits per heavy atom. The highest BCUT2D eigenvalue weighted by Gasteiger charge is 2.35. The van der Waals surface area contributed by atoms with Crippen LogP contribution in [-0.4, -0.2) is 32.5 Å². The first-order valence-corrected chi connectivity index (χ1v) is 11.7. The fourth-order valence-electron chi connectivity index (χ4n) is 4.76. The summed E-state index contributed by atoms with van der Waals surface area (Å²) in [5.41, 5.74) is 2.04. The van der Waals surface area contributed by atoms with Crippen molar-refractivity contribution in [2.75, 3.05) is 6.54 Å². The highest BCUT2D eigenvalue weighted by molar-refractivity contribution is 7.14. The Hall–Kier alpha value is -3.06. The van der Waals surface area contributed by atoms with Crippen LogP contribution in [0.1, 0.15) is 57.7 Å². The molecule has 6 rings (SSSR count). The minimum absolute atomic E-state index is 0.0879. The van der Waals surface area contributed by atoms with Crippen LogP contribution in [0.4, 0.5) is 0 Å².